The van der Waals surface area contributed by atoms with Crippen LogP contribution in [0, 0.1) is 10.1 Å². The number of hydrogen-bond acceptors (Lipinski definition) is 3. The largest absolute Gasteiger partial charge is 0.355 e. The molecule has 0 atom stereocenters. The number of thiocarbonyl (C=S) groups is 1. The Labute approximate surface area is 103 Å². The molecule has 0 spiro atoms. The first-order valence-electron chi connectivity index (χ1n) is 4.34. The Morgan fingerprint density at radius 1 is 1.56 bits per heavy atom. The number of nitrogens with zero attached hydrogens (tertiary/aromatic N) is 2. The highest BCUT2D eigenvalue weighted by Gasteiger charge is 2.11. The van der Waals surface area contributed by atoms with Crippen LogP contribution in [0.25, 0.3) is 0 Å². The monoisotopic (exact) mass is 259 g/mol. The molecule has 1 N–H and O–H groups in total. The summed E-state index contributed by atoms with van der Waals surface area (Å²) in [7, 11) is 3.53. The zero-order valence-corrected chi connectivity index (χ0v) is 10.3. The normalized spacial score (nSPS) is 9.69. The molecular formula is C9H10ClN3O2S. The first-order valence-corrected chi connectivity index (χ1v) is 5.12. The van der Waals surface area contributed by atoms with Crippen molar-refractivity contribution in [2.75, 3.05) is 19.4 Å². The molecule has 0 saturated carbocycles. The molecule has 0 aromatic heterocycles. The van der Waals surface area contributed by atoms with Crippen LogP contribution in [0.2, 0.25) is 5.02 Å². The van der Waals surface area contributed by atoms with Gasteiger partial charge in [-0.2, -0.15) is 0 Å². The summed E-state index contributed by atoms with van der Waals surface area (Å²) >= 11 is 10.9. The zero-order chi connectivity index (χ0) is 12.3. The molecule has 0 radical (unpaired) electrons. The highest BCUT2D eigenvalue weighted by Crippen LogP contribution is 2.26. The van der Waals surface area contributed by atoms with E-state index in [2.05, 4.69) is 5.32 Å². The minimum Gasteiger partial charge on any atom is -0.355 e. The van der Waals surface area contributed by atoms with Crippen LogP contribution in [-0.2, 0) is 0 Å². The minimum atomic E-state index is -0.486. The predicted octanol–water partition coefficient (Wildman–Crippen LogP) is 2.51. The molecule has 0 aliphatic rings. The van der Waals surface area contributed by atoms with Gasteiger partial charge in [0.05, 0.1) is 15.6 Å². The van der Waals surface area contributed by atoms with Crippen molar-refractivity contribution in [3.63, 3.8) is 0 Å². The second-order valence-electron chi connectivity index (χ2n) is 3.25. The number of nitro groups is 1. The maximum atomic E-state index is 10.6. The van der Waals surface area contributed by atoms with Gasteiger partial charge in [-0.1, -0.05) is 11.6 Å². The number of rotatable bonds is 2. The third-order valence-corrected chi connectivity index (χ3v) is 2.61. The quantitative estimate of drug-likeness (QED) is 0.502. The number of halogens is 1. The van der Waals surface area contributed by atoms with Crippen molar-refractivity contribution < 1.29 is 4.92 Å². The van der Waals surface area contributed by atoms with E-state index in [9.17, 15) is 10.1 Å². The van der Waals surface area contributed by atoms with Crippen LogP contribution < -0.4 is 5.32 Å². The fraction of sp³-hybridized carbons (Fsp3) is 0.222. The van der Waals surface area contributed by atoms with Crippen molar-refractivity contribution in [2.24, 2.45) is 0 Å². The minimum absolute atomic E-state index is 0.0338. The van der Waals surface area contributed by atoms with Crippen molar-refractivity contribution in [3.8, 4) is 0 Å². The molecule has 86 valence electrons. The van der Waals surface area contributed by atoms with Gasteiger partial charge in [-0.25, -0.2) is 0 Å². The summed E-state index contributed by atoms with van der Waals surface area (Å²) in [5.41, 5.74) is 0.392. The van der Waals surface area contributed by atoms with Gasteiger partial charge in [0.25, 0.3) is 5.69 Å². The lowest BCUT2D eigenvalue weighted by atomic mass is 10.3. The fourth-order valence-corrected chi connectivity index (χ4v) is 1.22. The lowest BCUT2D eigenvalue weighted by molar-refractivity contribution is -0.384. The second-order valence-corrected chi connectivity index (χ2v) is 4.04. The summed E-state index contributed by atoms with van der Waals surface area (Å²) in [4.78, 5) is 11.8. The molecule has 0 aliphatic heterocycles. The molecule has 16 heavy (non-hydrogen) atoms. The average molecular weight is 260 g/mol. The van der Waals surface area contributed by atoms with Crippen molar-refractivity contribution in [1.29, 1.82) is 0 Å². The third-order valence-electron chi connectivity index (χ3n) is 1.81. The lowest BCUT2D eigenvalue weighted by Crippen LogP contribution is -2.27. The highest BCUT2D eigenvalue weighted by molar-refractivity contribution is 7.80. The van der Waals surface area contributed by atoms with Crippen LogP contribution in [0.1, 0.15) is 0 Å². The van der Waals surface area contributed by atoms with Crippen molar-refractivity contribution in [3.05, 3.63) is 33.3 Å². The van der Waals surface area contributed by atoms with Crippen LogP contribution in [0.3, 0.4) is 0 Å². The Bertz CT molecular complexity index is 437. The van der Waals surface area contributed by atoms with Crippen molar-refractivity contribution >= 4 is 40.3 Å². The maximum absolute atomic E-state index is 10.6. The van der Waals surface area contributed by atoms with Crippen LogP contribution in [-0.4, -0.2) is 29.0 Å². The van der Waals surface area contributed by atoms with E-state index < -0.39 is 4.92 Å². The topological polar surface area (TPSA) is 58.4 Å². The molecule has 0 fully saturated rings. The first-order chi connectivity index (χ1) is 7.41. The van der Waals surface area contributed by atoms with Crippen LogP contribution in [0.5, 0.6) is 0 Å². The van der Waals surface area contributed by atoms with E-state index in [0.717, 1.165) is 0 Å². The zero-order valence-electron chi connectivity index (χ0n) is 8.73. The van der Waals surface area contributed by atoms with Crippen molar-refractivity contribution in [2.45, 2.75) is 0 Å². The number of nitro benzene ring substituents is 1. The molecule has 1 rings (SSSR count). The summed E-state index contributed by atoms with van der Waals surface area (Å²) in [6.45, 7) is 0. The van der Waals surface area contributed by atoms with Gasteiger partial charge in [-0.3, -0.25) is 10.1 Å². The highest BCUT2D eigenvalue weighted by atomic mass is 35.5. The molecule has 1 aromatic rings. The van der Waals surface area contributed by atoms with Gasteiger partial charge < -0.3 is 10.2 Å². The van der Waals surface area contributed by atoms with E-state index in [1.165, 1.54) is 18.2 Å². The van der Waals surface area contributed by atoms with Gasteiger partial charge in [0.1, 0.15) is 0 Å². The summed E-state index contributed by atoms with van der Waals surface area (Å²) in [6.07, 6.45) is 0. The molecule has 5 nitrogen and oxygen atoms in total. The Morgan fingerprint density at radius 2 is 2.19 bits per heavy atom. The third kappa shape index (κ3) is 3.04. The van der Waals surface area contributed by atoms with Crippen molar-refractivity contribution in [1.82, 2.24) is 4.90 Å². The van der Waals surface area contributed by atoms with Gasteiger partial charge in [0, 0.05) is 26.2 Å². The molecule has 7 heteroatoms. The Kier molecular flexibility index (Phi) is 4.03. The van der Waals surface area contributed by atoms with Gasteiger partial charge in [-0.15, -0.1) is 0 Å². The SMILES string of the molecule is CN(C)C(=S)Nc1cc([N+](=O)[O-])ccc1Cl. The van der Waals surface area contributed by atoms with E-state index in [1.54, 1.807) is 19.0 Å². The van der Waals surface area contributed by atoms with Crippen LogP contribution in [0.15, 0.2) is 18.2 Å². The number of hydrogen-bond donors (Lipinski definition) is 1. The Hall–Kier alpha value is -1.40. The van der Waals surface area contributed by atoms with E-state index >= 15 is 0 Å². The first kappa shape index (κ1) is 12.7. The molecule has 0 amide bonds. The molecule has 0 bridgehead atoms. The second kappa shape index (κ2) is 5.09. The maximum Gasteiger partial charge on any atom is 0.271 e. The number of benzene rings is 1. The Balaban J connectivity index is 2.99. The molecule has 1 aromatic carbocycles. The van der Waals surface area contributed by atoms with Gasteiger partial charge >= 0.3 is 0 Å². The smallest absolute Gasteiger partial charge is 0.271 e. The number of non-ortho nitro benzene ring substituents is 1. The van der Waals surface area contributed by atoms with E-state index in [1.807, 2.05) is 0 Å². The Morgan fingerprint density at radius 3 is 2.69 bits per heavy atom. The predicted molar refractivity (Wildman–Crippen MR) is 68.0 cm³/mol. The summed E-state index contributed by atoms with van der Waals surface area (Å²) in [5.74, 6) is 0. The number of nitrogens with one attached hydrogen (secondary N) is 1. The molecular weight excluding hydrogens is 250 g/mol. The van der Waals surface area contributed by atoms with E-state index in [-0.39, 0.29) is 5.69 Å². The van der Waals surface area contributed by atoms with Gasteiger partial charge in [-0.05, 0) is 18.3 Å². The van der Waals surface area contributed by atoms with Crippen LogP contribution in [0.4, 0.5) is 11.4 Å². The lowest BCUT2D eigenvalue weighted by Gasteiger charge is -2.15. The van der Waals surface area contributed by atoms with Gasteiger partial charge in [0.15, 0.2) is 5.11 Å². The summed E-state index contributed by atoms with van der Waals surface area (Å²) in [6, 6.07) is 4.14. The fourth-order valence-electron chi connectivity index (χ4n) is 0.950. The van der Waals surface area contributed by atoms with E-state index in [4.69, 9.17) is 23.8 Å². The van der Waals surface area contributed by atoms with Gasteiger partial charge in [0.2, 0.25) is 0 Å². The average Bonchev–Trinajstić information content (AvgIpc) is 2.20. The van der Waals surface area contributed by atoms with Crippen LogP contribution >= 0.6 is 23.8 Å². The molecule has 0 unspecified atom stereocenters. The standard InChI is InChI=1S/C9H10ClN3O2S/c1-12(2)9(16)11-8-5-6(13(14)15)3-4-7(8)10/h3-5H,1-2H3,(H,11,16). The molecule has 0 saturated heterocycles. The number of anilines is 1. The molecule has 0 aliphatic carbocycles. The summed E-state index contributed by atoms with van der Waals surface area (Å²) in [5, 5.41) is 14.2. The molecule has 0 heterocycles. The summed E-state index contributed by atoms with van der Waals surface area (Å²) < 4.78 is 0. The van der Waals surface area contributed by atoms with E-state index in [0.29, 0.717) is 15.8 Å².